The molecule has 1 fully saturated rings. The molecule has 0 amide bonds. The van der Waals surface area contributed by atoms with Gasteiger partial charge < -0.3 is 19.5 Å². The number of rotatable bonds is 7. The van der Waals surface area contributed by atoms with Crippen molar-refractivity contribution in [3.05, 3.63) is 47.9 Å². The van der Waals surface area contributed by atoms with Crippen LogP contribution >= 0.6 is 0 Å². The molecule has 0 saturated carbocycles. The topological polar surface area (TPSA) is 66.1 Å². The molecule has 0 atom stereocenters. The minimum absolute atomic E-state index is 0.691. The van der Waals surface area contributed by atoms with E-state index in [0.717, 1.165) is 63.1 Å². The van der Waals surface area contributed by atoms with Crippen molar-refractivity contribution in [1.29, 1.82) is 0 Å². The number of piperazine rings is 1. The van der Waals surface area contributed by atoms with Gasteiger partial charge in [-0.3, -0.25) is 9.89 Å². The molecule has 27 heavy (non-hydrogen) atoms. The maximum atomic E-state index is 5.57. The molecule has 0 spiro atoms. The second-order valence-electron chi connectivity index (χ2n) is 6.56. The normalized spacial score (nSPS) is 15.8. The Morgan fingerprint density at radius 1 is 1.26 bits per heavy atom. The lowest BCUT2D eigenvalue weighted by Gasteiger charge is -2.36. The van der Waals surface area contributed by atoms with E-state index in [-0.39, 0.29) is 0 Å². The predicted molar refractivity (Wildman–Crippen MR) is 106 cm³/mol. The zero-order valence-electron chi connectivity index (χ0n) is 16.2. The lowest BCUT2D eigenvalue weighted by Crippen LogP contribution is -2.52. The van der Waals surface area contributed by atoms with Crippen LogP contribution in [0.3, 0.4) is 0 Å². The van der Waals surface area contributed by atoms with Crippen LogP contribution in [0, 0.1) is 0 Å². The van der Waals surface area contributed by atoms with E-state index in [1.165, 1.54) is 5.56 Å². The van der Waals surface area contributed by atoms with E-state index in [2.05, 4.69) is 37.4 Å². The molecule has 0 bridgehead atoms. The van der Waals surface area contributed by atoms with E-state index in [4.69, 9.17) is 9.26 Å². The SMILES string of the molecule is CCOc1cccc(CCNC(=NC)N2CCN(Cc3ccon3)CC2)c1. The molecule has 0 unspecified atom stereocenters. The monoisotopic (exact) mass is 371 g/mol. The molecule has 7 nitrogen and oxygen atoms in total. The van der Waals surface area contributed by atoms with Crippen LogP contribution in [-0.2, 0) is 13.0 Å². The Morgan fingerprint density at radius 3 is 2.81 bits per heavy atom. The summed E-state index contributed by atoms with van der Waals surface area (Å²) in [7, 11) is 1.85. The van der Waals surface area contributed by atoms with E-state index in [9.17, 15) is 0 Å². The molecular formula is C20H29N5O2. The molecule has 1 N–H and O–H groups in total. The summed E-state index contributed by atoms with van der Waals surface area (Å²) in [6.07, 6.45) is 2.56. The standard InChI is InChI=1S/C20H29N5O2/c1-3-26-19-6-4-5-17(15-19)7-9-22-20(21-2)25-12-10-24(11-13-25)16-18-8-14-27-23-18/h4-6,8,14-15H,3,7,9-13,16H2,1-2H3,(H,21,22). The molecular weight excluding hydrogens is 342 g/mol. The summed E-state index contributed by atoms with van der Waals surface area (Å²) in [4.78, 5) is 9.16. The molecule has 146 valence electrons. The largest absolute Gasteiger partial charge is 0.494 e. The number of hydrogen-bond acceptors (Lipinski definition) is 5. The van der Waals surface area contributed by atoms with E-state index in [1.807, 2.05) is 32.2 Å². The molecule has 1 saturated heterocycles. The van der Waals surface area contributed by atoms with Crippen molar-refractivity contribution < 1.29 is 9.26 Å². The van der Waals surface area contributed by atoms with Crippen LogP contribution in [0.15, 0.2) is 46.1 Å². The van der Waals surface area contributed by atoms with Crippen LogP contribution in [0.25, 0.3) is 0 Å². The van der Waals surface area contributed by atoms with Crippen molar-refractivity contribution in [2.45, 2.75) is 19.9 Å². The van der Waals surface area contributed by atoms with Crippen LogP contribution in [0.4, 0.5) is 0 Å². The number of hydrogen-bond donors (Lipinski definition) is 1. The fourth-order valence-corrected chi connectivity index (χ4v) is 3.27. The van der Waals surface area contributed by atoms with Crippen LogP contribution in [-0.4, -0.2) is 67.3 Å². The van der Waals surface area contributed by atoms with Crippen LogP contribution in [0.1, 0.15) is 18.2 Å². The number of ether oxygens (including phenoxy) is 1. The zero-order chi connectivity index (χ0) is 18.9. The average Bonchev–Trinajstić information content (AvgIpc) is 3.20. The second-order valence-corrected chi connectivity index (χ2v) is 6.56. The molecule has 0 radical (unpaired) electrons. The first kappa shape index (κ1) is 19.2. The Balaban J connectivity index is 1.42. The van der Waals surface area contributed by atoms with Gasteiger partial charge in [-0.25, -0.2) is 0 Å². The fraction of sp³-hybridized carbons (Fsp3) is 0.500. The summed E-state index contributed by atoms with van der Waals surface area (Å²) in [5.41, 5.74) is 2.25. The lowest BCUT2D eigenvalue weighted by molar-refractivity contribution is 0.169. The maximum Gasteiger partial charge on any atom is 0.193 e. The summed E-state index contributed by atoms with van der Waals surface area (Å²) >= 11 is 0. The number of aliphatic imine (C=N–C) groups is 1. The van der Waals surface area contributed by atoms with Crippen molar-refractivity contribution in [3.8, 4) is 5.75 Å². The van der Waals surface area contributed by atoms with E-state index < -0.39 is 0 Å². The van der Waals surface area contributed by atoms with Gasteiger partial charge in [-0.05, 0) is 31.0 Å². The Morgan fingerprint density at radius 2 is 2.11 bits per heavy atom. The van der Waals surface area contributed by atoms with E-state index in [1.54, 1.807) is 6.26 Å². The summed E-state index contributed by atoms with van der Waals surface area (Å²) in [5.74, 6) is 1.90. The number of nitrogens with zero attached hydrogens (tertiary/aromatic N) is 4. The van der Waals surface area contributed by atoms with Gasteiger partial charge in [0.05, 0.1) is 12.3 Å². The van der Waals surface area contributed by atoms with Gasteiger partial charge in [-0.1, -0.05) is 17.3 Å². The minimum Gasteiger partial charge on any atom is -0.494 e. The highest BCUT2D eigenvalue weighted by atomic mass is 16.5. The summed E-state index contributed by atoms with van der Waals surface area (Å²) in [5, 5.41) is 7.48. The summed E-state index contributed by atoms with van der Waals surface area (Å²) < 4.78 is 10.5. The van der Waals surface area contributed by atoms with Gasteiger partial charge >= 0.3 is 0 Å². The highest BCUT2D eigenvalue weighted by Crippen LogP contribution is 2.13. The molecule has 0 aliphatic carbocycles. The fourth-order valence-electron chi connectivity index (χ4n) is 3.27. The van der Waals surface area contributed by atoms with Crippen molar-refractivity contribution in [2.24, 2.45) is 4.99 Å². The Hall–Kier alpha value is -2.54. The number of nitrogens with one attached hydrogen (secondary N) is 1. The van der Waals surface area contributed by atoms with Gasteiger partial charge in [0.15, 0.2) is 5.96 Å². The Kier molecular flexibility index (Phi) is 7.10. The molecule has 1 aromatic carbocycles. The molecule has 2 aromatic rings. The van der Waals surface area contributed by atoms with Gasteiger partial charge in [0.2, 0.25) is 0 Å². The quantitative estimate of drug-likeness (QED) is 0.593. The van der Waals surface area contributed by atoms with E-state index >= 15 is 0 Å². The predicted octanol–water partition coefficient (Wildman–Crippen LogP) is 2.01. The first-order valence-electron chi connectivity index (χ1n) is 9.57. The average molecular weight is 371 g/mol. The summed E-state index contributed by atoms with van der Waals surface area (Å²) in [6, 6.07) is 10.2. The van der Waals surface area contributed by atoms with Gasteiger partial charge in [-0.2, -0.15) is 0 Å². The lowest BCUT2D eigenvalue weighted by atomic mass is 10.1. The Labute approximate surface area is 161 Å². The Bertz CT molecular complexity index is 709. The molecule has 7 heteroatoms. The first-order valence-corrected chi connectivity index (χ1v) is 9.57. The van der Waals surface area contributed by atoms with Crippen molar-refractivity contribution in [2.75, 3.05) is 46.4 Å². The molecule has 1 aliphatic heterocycles. The number of guanidine groups is 1. The number of benzene rings is 1. The maximum absolute atomic E-state index is 5.57. The molecule has 3 rings (SSSR count). The van der Waals surface area contributed by atoms with Crippen LogP contribution < -0.4 is 10.1 Å². The van der Waals surface area contributed by atoms with E-state index in [0.29, 0.717) is 6.61 Å². The third kappa shape index (κ3) is 5.72. The van der Waals surface area contributed by atoms with Gasteiger partial charge in [-0.15, -0.1) is 0 Å². The van der Waals surface area contributed by atoms with Crippen LogP contribution in [0.5, 0.6) is 5.75 Å². The highest BCUT2D eigenvalue weighted by Gasteiger charge is 2.20. The first-order chi connectivity index (χ1) is 13.3. The molecule has 1 aliphatic rings. The van der Waals surface area contributed by atoms with Gasteiger partial charge in [0.1, 0.15) is 12.0 Å². The van der Waals surface area contributed by atoms with Crippen molar-refractivity contribution in [1.82, 2.24) is 20.3 Å². The van der Waals surface area contributed by atoms with Crippen molar-refractivity contribution >= 4 is 5.96 Å². The smallest absolute Gasteiger partial charge is 0.193 e. The number of aromatic nitrogens is 1. The third-order valence-electron chi connectivity index (χ3n) is 4.67. The van der Waals surface area contributed by atoms with Gasteiger partial charge in [0.25, 0.3) is 0 Å². The zero-order valence-corrected chi connectivity index (χ0v) is 16.2. The molecule has 2 heterocycles. The third-order valence-corrected chi connectivity index (χ3v) is 4.67. The molecule has 1 aromatic heterocycles. The second kappa shape index (κ2) is 9.97. The highest BCUT2D eigenvalue weighted by molar-refractivity contribution is 5.80. The summed E-state index contributed by atoms with van der Waals surface area (Å²) in [6.45, 7) is 8.28. The minimum atomic E-state index is 0.691. The van der Waals surface area contributed by atoms with Crippen molar-refractivity contribution in [3.63, 3.8) is 0 Å². The van der Waals surface area contributed by atoms with Gasteiger partial charge in [0, 0.05) is 52.4 Å². The van der Waals surface area contributed by atoms with Crippen LogP contribution in [0.2, 0.25) is 0 Å².